The molecule has 0 aliphatic heterocycles. The summed E-state index contributed by atoms with van der Waals surface area (Å²) in [5, 5.41) is 10.6. The Morgan fingerprint density at radius 2 is 2.31 bits per heavy atom. The number of amides is 1. The molecule has 0 atom stereocenters. The number of nitrogens with two attached hydrogens (primary N) is 1. The second-order valence-electron chi connectivity index (χ2n) is 2.39. The zero-order valence-corrected chi connectivity index (χ0v) is 7.07. The lowest BCUT2D eigenvalue weighted by atomic mass is 10.2. The van der Waals surface area contributed by atoms with E-state index in [9.17, 15) is 4.79 Å². The van der Waals surface area contributed by atoms with Gasteiger partial charge < -0.3 is 15.6 Å². The lowest BCUT2D eigenvalue weighted by Crippen LogP contribution is -2.08. The monoisotopic (exact) mass is 182 g/mol. The maximum Gasteiger partial charge on any atom is 0.409 e. The molecule has 0 fully saturated rings. The van der Waals surface area contributed by atoms with Crippen molar-refractivity contribution >= 4 is 17.5 Å². The van der Waals surface area contributed by atoms with Gasteiger partial charge in [0.1, 0.15) is 5.75 Å². The Morgan fingerprint density at radius 1 is 1.62 bits per heavy atom. The first-order chi connectivity index (χ1) is 6.13. The smallest absolute Gasteiger partial charge is 0.409 e. The van der Waals surface area contributed by atoms with Crippen molar-refractivity contribution in [1.29, 1.82) is 0 Å². The van der Waals surface area contributed by atoms with E-state index in [1.165, 1.54) is 7.11 Å². The average molecular weight is 182 g/mol. The number of ether oxygens (including phenoxy) is 1. The lowest BCUT2D eigenvalue weighted by Gasteiger charge is -2.07. The van der Waals surface area contributed by atoms with Crippen LogP contribution in [0.3, 0.4) is 0 Å². The molecule has 0 aliphatic carbocycles. The first kappa shape index (κ1) is 9.18. The predicted octanol–water partition coefficient (Wildman–Crippen LogP) is 1.37. The van der Waals surface area contributed by atoms with Gasteiger partial charge in [0, 0.05) is 11.8 Å². The van der Waals surface area contributed by atoms with Crippen molar-refractivity contribution in [2.75, 3.05) is 18.2 Å². The lowest BCUT2D eigenvalue weighted by molar-refractivity contribution is 0.209. The van der Waals surface area contributed by atoms with E-state index in [4.69, 9.17) is 15.6 Å². The van der Waals surface area contributed by atoms with Gasteiger partial charge in [-0.05, 0) is 12.1 Å². The highest BCUT2D eigenvalue weighted by atomic mass is 16.5. The number of rotatable bonds is 2. The summed E-state index contributed by atoms with van der Waals surface area (Å²) in [5.74, 6) is 0.405. The van der Waals surface area contributed by atoms with Crippen LogP contribution in [0.5, 0.6) is 5.75 Å². The van der Waals surface area contributed by atoms with Crippen molar-refractivity contribution in [3.63, 3.8) is 0 Å². The van der Waals surface area contributed by atoms with Crippen LogP contribution in [-0.4, -0.2) is 18.3 Å². The highest BCUT2D eigenvalue weighted by Crippen LogP contribution is 2.26. The van der Waals surface area contributed by atoms with E-state index in [0.717, 1.165) is 0 Å². The Bertz CT molecular complexity index is 325. The second kappa shape index (κ2) is 3.66. The number of methoxy groups -OCH3 is 1. The van der Waals surface area contributed by atoms with Crippen molar-refractivity contribution < 1.29 is 14.6 Å². The fraction of sp³-hybridized carbons (Fsp3) is 0.125. The van der Waals surface area contributed by atoms with E-state index in [0.29, 0.717) is 17.1 Å². The van der Waals surface area contributed by atoms with E-state index in [2.05, 4.69) is 5.32 Å². The molecular formula is C8H10N2O3. The zero-order valence-electron chi connectivity index (χ0n) is 7.07. The number of hydrogen-bond donors (Lipinski definition) is 3. The number of nitrogens with one attached hydrogen (secondary N) is 1. The molecule has 13 heavy (non-hydrogen) atoms. The number of anilines is 2. The minimum atomic E-state index is -1.14. The first-order valence-electron chi connectivity index (χ1n) is 3.57. The highest BCUT2D eigenvalue weighted by Gasteiger charge is 2.05. The van der Waals surface area contributed by atoms with E-state index >= 15 is 0 Å². The maximum atomic E-state index is 10.3. The highest BCUT2D eigenvalue weighted by molar-refractivity contribution is 5.85. The van der Waals surface area contributed by atoms with Crippen molar-refractivity contribution in [2.24, 2.45) is 0 Å². The molecular weight excluding hydrogens is 172 g/mol. The quantitative estimate of drug-likeness (QED) is 0.603. The Hall–Kier alpha value is -1.91. The summed E-state index contributed by atoms with van der Waals surface area (Å²) >= 11 is 0. The van der Waals surface area contributed by atoms with Crippen LogP contribution in [0, 0.1) is 0 Å². The molecule has 1 aromatic rings. The van der Waals surface area contributed by atoms with Gasteiger partial charge in [-0.25, -0.2) is 4.79 Å². The molecule has 4 N–H and O–H groups in total. The summed E-state index contributed by atoms with van der Waals surface area (Å²) in [4.78, 5) is 10.3. The van der Waals surface area contributed by atoms with Gasteiger partial charge in [-0.15, -0.1) is 0 Å². The number of nitrogen functional groups attached to an aromatic ring is 1. The Balaban J connectivity index is 2.99. The summed E-state index contributed by atoms with van der Waals surface area (Å²) in [6, 6.07) is 4.68. The number of benzene rings is 1. The fourth-order valence-electron chi connectivity index (χ4n) is 0.926. The van der Waals surface area contributed by atoms with Crippen LogP contribution in [-0.2, 0) is 0 Å². The van der Waals surface area contributed by atoms with Crippen LogP contribution in [0.25, 0.3) is 0 Å². The molecule has 70 valence electrons. The van der Waals surface area contributed by atoms with E-state index in [-0.39, 0.29) is 0 Å². The summed E-state index contributed by atoms with van der Waals surface area (Å²) in [7, 11) is 1.45. The molecule has 0 heterocycles. The second-order valence-corrected chi connectivity index (χ2v) is 2.39. The van der Waals surface area contributed by atoms with E-state index in [1.807, 2.05) is 0 Å². The first-order valence-corrected chi connectivity index (χ1v) is 3.57. The number of hydrogen-bond acceptors (Lipinski definition) is 3. The third kappa shape index (κ3) is 2.26. The largest absolute Gasteiger partial charge is 0.494 e. The molecule has 5 heteroatoms. The summed E-state index contributed by atoms with van der Waals surface area (Å²) in [6.45, 7) is 0. The van der Waals surface area contributed by atoms with Gasteiger partial charge >= 0.3 is 6.09 Å². The molecule has 0 radical (unpaired) electrons. The zero-order chi connectivity index (χ0) is 9.84. The van der Waals surface area contributed by atoms with Crippen LogP contribution in [0.15, 0.2) is 18.2 Å². The van der Waals surface area contributed by atoms with Gasteiger partial charge in [0.2, 0.25) is 0 Å². The normalized spacial score (nSPS) is 9.31. The molecule has 0 spiro atoms. The predicted molar refractivity (Wildman–Crippen MR) is 49.1 cm³/mol. The summed E-state index contributed by atoms with van der Waals surface area (Å²) in [6.07, 6.45) is -1.14. The minimum absolute atomic E-state index is 0.379. The molecule has 5 nitrogen and oxygen atoms in total. The van der Waals surface area contributed by atoms with Crippen molar-refractivity contribution in [3.8, 4) is 5.75 Å². The van der Waals surface area contributed by atoms with E-state index in [1.54, 1.807) is 18.2 Å². The van der Waals surface area contributed by atoms with Gasteiger partial charge in [0.15, 0.2) is 0 Å². The summed E-state index contributed by atoms with van der Waals surface area (Å²) < 4.78 is 4.92. The van der Waals surface area contributed by atoms with Gasteiger partial charge in [-0.1, -0.05) is 0 Å². The topological polar surface area (TPSA) is 84.6 Å². The molecule has 1 rings (SSSR count). The van der Waals surface area contributed by atoms with Crippen LogP contribution in [0.1, 0.15) is 0 Å². The third-order valence-corrected chi connectivity index (χ3v) is 1.47. The molecule has 0 aliphatic rings. The van der Waals surface area contributed by atoms with E-state index < -0.39 is 6.09 Å². The Labute approximate surface area is 75.1 Å². The summed E-state index contributed by atoms with van der Waals surface area (Å²) in [5.41, 5.74) is 6.38. The number of carboxylic acid groups (broad SMARTS) is 1. The van der Waals surface area contributed by atoms with Crippen LogP contribution in [0.4, 0.5) is 16.2 Å². The van der Waals surface area contributed by atoms with Gasteiger partial charge in [-0.3, -0.25) is 5.32 Å². The SMILES string of the molecule is COc1cc(N)ccc1NC(=O)O. The van der Waals surface area contributed by atoms with Crippen LogP contribution >= 0.6 is 0 Å². The molecule has 0 saturated heterocycles. The molecule has 0 unspecified atom stereocenters. The van der Waals surface area contributed by atoms with Gasteiger partial charge in [0.25, 0.3) is 0 Å². The van der Waals surface area contributed by atoms with Crippen molar-refractivity contribution in [2.45, 2.75) is 0 Å². The van der Waals surface area contributed by atoms with Crippen LogP contribution < -0.4 is 15.8 Å². The third-order valence-electron chi connectivity index (χ3n) is 1.47. The molecule has 0 bridgehead atoms. The van der Waals surface area contributed by atoms with Gasteiger partial charge in [-0.2, -0.15) is 0 Å². The Morgan fingerprint density at radius 3 is 2.85 bits per heavy atom. The molecule has 0 aromatic heterocycles. The molecule has 1 aromatic carbocycles. The molecule has 1 amide bonds. The number of carbonyl (C=O) groups is 1. The average Bonchev–Trinajstić information content (AvgIpc) is 2.07. The van der Waals surface area contributed by atoms with Crippen molar-refractivity contribution in [3.05, 3.63) is 18.2 Å². The minimum Gasteiger partial charge on any atom is -0.494 e. The standard InChI is InChI=1S/C8H10N2O3/c1-13-7-4-5(9)2-3-6(7)10-8(11)12/h2-4,10H,9H2,1H3,(H,11,12). The maximum absolute atomic E-state index is 10.3. The van der Waals surface area contributed by atoms with Crippen molar-refractivity contribution in [1.82, 2.24) is 0 Å². The van der Waals surface area contributed by atoms with Gasteiger partial charge in [0.05, 0.1) is 12.8 Å². The Kier molecular flexibility index (Phi) is 2.59. The van der Waals surface area contributed by atoms with Crippen LogP contribution in [0.2, 0.25) is 0 Å². The fourth-order valence-corrected chi connectivity index (χ4v) is 0.926. The molecule has 0 saturated carbocycles.